The highest BCUT2D eigenvalue weighted by molar-refractivity contribution is 5.78. The summed E-state index contributed by atoms with van der Waals surface area (Å²) in [7, 11) is 0. The molecule has 1 saturated heterocycles. The Morgan fingerprint density at radius 1 is 1.07 bits per heavy atom. The van der Waals surface area contributed by atoms with Gasteiger partial charge in [0.05, 0.1) is 18.8 Å². The molecule has 4 rings (SSSR count). The van der Waals surface area contributed by atoms with E-state index in [0.717, 1.165) is 54.7 Å². The second-order valence-electron chi connectivity index (χ2n) is 7.13. The lowest BCUT2D eigenvalue weighted by Crippen LogP contribution is -2.49. The number of nitrogens with zero attached hydrogens (tertiary/aromatic N) is 2. The third-order valence-electron chi connectivity index (χ3n) is 5.17. The van der Waals surface area contributed by atoms with Crippen molar-refractivity contribution in [2.75, 3.05) is 51.0 Å². The van der Waals surface area contributed by atoms with Gasteiger partial charge in [-0.1, -0.05) is 18.2 Å². The van der Waals surface area contributed by atoms with Crippen molar-refractivity contribution in [3.05, 3.63) is 48.0 Å². The number of carbonyl (C=O) groups excluding carboxylic acids is 1. The smallest absolute Gasteiger partial charge is 0.234 e. The maximum atomic E-state index is 12.4. The van der Waals surface area contributed by atoms with Crippen LogP contribution in [-0.2, 0) is 11.3 Å². The van der Waals surface area contributed by atoms with Crippen LogP contribution in [0.25, 0.3) is 0 Å². The molecule has 2 aliphatic heterocycles. The average molecular weight is 397 g/mol. The van der Waals surface area contributed by atoms with Gasteiger partial charge in [0.1, 0.15) is 5.75 Å². The summed E-state index contributed by atoms with van der Waals surface area (Å²) in [5.41, 5.74) is 2.13. The van der Waals surface area contributed by atoms with Gasteiger partial charge in [-0.25, -0.2) is 0 Å². The molecule has 2 heterocycles. The van der Waals surface area contributed by atoms with Crippen LogP contribution in [0.3, 0.4) is 0 Å². The van der Waals surface area contributed by atoms with Crippen molar-refractivity contribution >= 4 is 11.6 Å². The summed E-state index contributed by atoms with van der Waals surface area (Å²) in [5.74, 6) is 2.44. The zero-order valence-electron chi connectivity index (χ0n) is 16.7. The second-order valence-corrected chi connectivity index (χ2v) is 7.13. The summed E-state index contributed by atoms with van der Waals surface area (Å²) in [6.07, 6.45) is 0. The van der Waals surface area contributed by atoms with Crippen LogP contribution >= 0.6 is 0 Å². The molecule has 0 spiro atoms. The normalized spacial score (nSPS) is 16.0. The third-order valence-corrected chi connectivity index (χ3v) is 5.17. The second kappa shape index (κ2) is 9.05. The van der Waals surface area contributed by atoms with Crippen LogP contribution in [0.15, 0.2) is 42.5 Å². The van der Waals surface area contributed by atoms with Gasteiger partial charge in [0.15, 0.2) is 11.5 Å². The van der Waals surface area contributed by atoms with Gasteiger partial charge in [0.2, 0.25) is 12.7 Å². The predicted molar refractivity (Wildman–Crippen MR) is 111 cm³/mol. The highest BCUT2D eigenvalue weighted by Crippen LogP contribution is 2.32. The molecule has 1 fully saturated rings. The monoisotopic (exact) mass is 397 g/mol. The zero-order valence-corrected chi connectivity index (χ0v) is 16.7. The largest absolute Gasteiger partial charge is 0.492 e. The summed E-state index contributed by atoms with van der Waals surface area (Å²) >= 11 is 0. The first-order valence-corrected chi connectivity index (χ1v) is 10.1. The lowest BCUT2D eigenvalue weighted by Gasteiger charge is -2.36. The average Bonchev–Trinajstić information content (AvgIpc) is 3.21. The summed E-state index contributed by atoms with van der Waals surface area (Å²) in [6.45, 7) is 7.24. The minimum Gasteiger partial charge on any atom is -0.492 e. The molecule has 7 nitrogen and oxygen atoms in total. The maximum Gasteiger partial charge on any atom is 0.234 e. The summed E-state index contributed by atoms with van der Waals surface area (Å²) < 4.78 is 16.4. The van der Waals surface area contributed by atoms with Crippen molar-refractivity contribution in [3.8, 4) is 17.2 Å². The molecule has 7 heteroatoms. The molecule has 2 aromatic carbocycles. The first kappa shape index (κ1) is 19.4. The van der Waals surface area contributed by atoms with E-state index in [0.29, 0.717) is 19.7 Å². The molecule has 0 aromatic heterocycles. The molecule has 0 saturated carbocycles. The molecule has 154 valence electrons. The molecule has 1 amide bonds. The number of ether oxygens (including phenoxy) is 3. The molecule has 2 aromatic rings. The number of amides is 1. The van der Waals surface area contributed by atoms with E-state index < -0.39 is 0 Å². The van der Waals surface area contributed by atoms with E-state index in [1.165, 1.54) is 0 Å². The van der Waals surface area contributed by atoms with Crippen molar-refractivity contribution in [2.45, 2.75) is 13.5 Å². The Morgan fingerprint density at radius 2 is 1.86 bits per heavy atom. The molecule has 0 unspecified atom stereocenters. The number of nitrogens with one attached hydrogen (secondary N) is 1. The van der Waals surface area contributed by atoms with Crippen molar-refractivity contribution in [2.24, 2.45) is 0 Å². The van der Waals surface area contributed by atoms with Gasteiger partial charge >= 0.3 is 0 Å². The van der Waals surface area contributed by atoms with Gasteiger partial charge in [0, 0.05) is 32.7 Å². The summed E-state index contributed by atoms with van der Waals surface area (Å²) in [6, 6.07) is 13.9. The molecule has 0 radical (unpaired) electrons. The van der Waals surface area contributed by atoms with E-state index in [9.17, 15) is 4.79 Å². The fourth-order valence-electron chi connectivity index (χ4n) is 3.65. The number of rotatable bonds is 7. The van der Waals surface area contributed by atoms with Crippen LogP contribution in [0, 0.1) is 0 Å². The van der Waals surface area contributed by atoms with E-state index in [1.54, 1.807) is 0 Å². The lowest BCUT2D eigenvalue weighted by atomic mass is 10.2. The molecule has 2 aliphatic rings. The van der Waals surface area contributed by atoms with Gasteiger partial charge in [-0.3, -0.25) is 9.69 Å². The Kier molecular flexibility index (Phi) is 6.05. The Bertz CT molecular complexity index is 850. The molecule has 0 aliphatic carbocycles. The summed E-state index contributed by atoms with van der Waals surface area (Å²) in [4.78, 5) is 16.9. The van der Waals surface area contributed by atoms with Crippen molar-refractivity contribution < 1.29 is 19.0 Å². The fourth-order valence-corrected chi connectivity index (χ4v) is 3.65. The van der Waals surface area contributed by atoms with Gasteiger partial charge in [-0.05, 0) is 36.8 Å². The topological polar surface area (TPSA) is 63.3 Å². The van der Waals surface area contributed by atoms with Gasteiger partial charge in [0.25, 0.3) is 0 Å². The van der Waals surface area contributed by atoms with E-state index in [2.05, 4.69) is 21.2 Å². The van der Waals surface area contributed by atoms with Crippen LogP contribution in [0.5, 0.6) is 17.2 Å². The van der Waals surface area contributed by atoms with Crippen LogP contribution in [0.2, 0.25) is 0 Å². The van der Waals surface area contributed by atoms with Crippen LogP contribution < -0.4 is 24.4 Å². The standard InChI is InChI=1S/C22H27N3O4/c1-2-27-19-6-4-3-5-18(19)25-11-9-24(10-12-25)15-22(26)23-14-17-7-8-20-21(13-17)29-16-28-20/h3-8,13H,2,9-12,14-16H2,1H3,(H,23,26). The highest BCUT2D eigenvalue weighted by atomic mass is 16.7. The summed E-state index contributed by atoms with van der Waals surface area (Å²) in [5, 5.41) is 3.00. The molecule has 0 bridgehead atoms. The van der Waals surface area contributed by atoms with Gasteiger partial charge < -0.3 is 24.4 Å². The Balaban J connectivity index is 1.24. The SMILES string of the molecule is CCOc1ccccc1N1CCN(CC(=O)NCc2ccc3c(c2)OCO3)CC1. The zero-order chi connectivity index (χ0) is 20.1. The van der Waals surface area contributed by atoms with E-state index in [1.807, 2.05) is 43.3 Å². The Labute approximate surface area is 171 Å². The number of piperazine rings is 1. The van der Waals surface area contributed by atoms with E-state index in [4.69, 9.17) is 14.2 Å². The minimum absolute atomic E-state index is 0.0332. The first-order chi connectivity index (χ1) is 14.2. The number of benzene rings is 2. The quantitative estimate of drug-likeness (QED) is 0.773. The number of para-hydroxylation sites is 2. The first-order valence-electron chi connectivity index (χ1n) is 10.1. The van der Waals surface area contributed by atoms with Gasteiger partial charge in [-0.15, -0.1) is 0 Å². The fraction of sp³-hybridized carbons (Fsp3) is 0.409. The highest BCUT2D eigenvalue weighted by Gasteiger charge is 2.21. The number of hydrogen-bond donors (Lipinski definition) is 1. The predicted octanol–water partition coefficient (Wildman–Crippen LogP) is 2.25. The molecule has 29 heavy (non-hydrogen) atoms. The van der Waals surface area contributed by atoms with Crippen molar-refractivity contribution in [1.82, 2.24) is 10.2 Å². The number of carbonyl (C=O) groups is 1. The lowest BCUT2D eigenvalue weighted by molar-refractivity contribution is -0.122. The van der Waals surface area contributed by atoms with Crippen molar-refractivity contribution in [3.63, 3.8) is 0 Å². The van der Waals surface area contributed by atoms with E-state index in [-0.39, 0.29) is 12.7 Å². The number of anilines is 1. The Morgan fingerprint density at radius 3 is 2.69 bits per heavy atom. The third kappa shape index (κ3) is 4.74. The molecule has 0 atom stereocenters. The van der Waals surface area contributed by atoms with Crippen LogP contribution in [0.4, 0.5) is 5.69 Å². The number of fused-ring (bicyclic) bond motifs is 1. The number of hydrogen-bond acceptors (Lipinski definition) is 6. The van der Waals surface area contributed by atoms with Crippen LogP contribution in [-0.4, -0.2) is 56.9 Å². The Hall–Kier alpha value is -2.93. The van der Waals surface area contributed by atoms with Crippen molar-refractivity contribution in [1.29, 1.82) is 0 Å². The maximum absolute atomic E-state index is 12.4. The molecular formula is C22H27N3O4. The molecule has 1 N–H and O–H groups in total. The van der Waals surface area contributed by atoms with Crippen LogP contribution in [0.1, 0.15) is 12.5 Å². The van der Waals surface area contributed by atoms with E-state index >= 15 is 0 Å². The van der Waals surface area contributed by atoms with Gasteiger partial charge in [-0.2, -0.15) is 0 Å². The minimum atomic E-state index is 0.0332. The molecular weight excluding hydrogens is 370 g/mol.